The lowest BCUT2D eigenvalue weighted by molar-refractivity contribution is -0.137. The van der Waals surface area contributed by atoms with Crippen LogP contribution in [0, 0.1) is 12.7 Å². The van der Waals surface area contributed by atoms with E-state index in [1.54, 1.807) is 84.0 Å². The van der Waals surface area contributed by atoms with E-state index in [0.29, 0.717) is 35.5 Å². The Morgan fingerprint density at radius 1 is 0.871 bits per heavy atom. The second kappa shape index (κ2) is 17.2. The molecule has 62 heavy (non-hydrogen) atoms. The van der Waals surface area contributed by atoms with Crippen LogP contribution in [0.4, 0.5) is 42.8 Å². The summed E-state index contributed by atoms with van der Waals surface area (Å²) < 4.78 is 116. The number of hydrogen-bond donors (Lipinski definition) is 0. The number of benzene rings is 3. The van der Waals surface area contributed by atoms with Gasteiger partial charge in [-0.2, -0.15) is 18.2 Å². The van der Waals surface area contributed by atoms with Gasteiger partial charge in [-0.15, -0.1) is 0 Å². The van der Waals surface area contributed by atoms with Gasteiger partial charge in [0.2, 0.25) is 5.28 Å². The number of halogens is 7. The van der Waals surface area contributed by atoms with Crippen LogP contribution in [0.15, 0.2) is 54.6 Å². The maximum atomic E-state index is 17.5. The second-order valence-corrected chi connectivity index (χ2v) is 16.6. The molecule has 2 aliphatic heterocycles. The molecule has 2 bridgehead atoms. The fourth-order valence-electron chi connectivity index (χ4n) is 8.32. The fraction of sp³-hybridized carbons (Fsp3) is 0.409. The van der Waals surface area contributed by atoms with E-state index in [-0.39, 0.29) is 55.3 Å². The predicted octanol–water partition coefficient (Wildman–Crippen LogP) is 10.6. The summed E-state index contributed by atoms with van der Waals surface area (Å²) in [7, 11) is 4.07. The zero-order chi connectivity index (χ0) is 44.8. The number of anilines is 2. The maximum Gasteiger partial charge on any atom is 0.418 e. The van der Waals surface area contributed by atoms with Crippen molar-refractivity contribution in [1.82, 2.24) is 19.9 Å². The highest BCUT2D eigenvalue weighted by Crippen LogP contribution is 2.51. The van der Waals surface area contributed by atoms with Crippen LogP contribution in [-0.4, -0.2) is 78.0 Å². The van der Waals surface area contributed by atoms with E-state index in [1.165, 1.54) is 20.3 Å². The molecule has 0 spiro atoms. The van der Waals surface area contributed by atoms with E-state index < -0.39 is 74.6 Å². The summed E-state index contributed by atoms with van der Waals surface area (Å²) in [6, 6.07) is 14.4. The lowest BCUT2D eigenvalue weighted by Gasteiger charge is -2.42. The van der Waals surface area contributed by atoms with Gasteiger partial charge in [-0.3, -0.25) is 4.90 Å². The number of hydrogen-bond acceptors (Lipinski definition) is 10. The number of alkyl halides is 5. The first-order valence-corrected chi connectivity index (χ1v) is 20.1. The molecule has 11 nitrogen and oxygen atoms in total. The minimum atomic E-state index is -5.18. The first-order chi connectivity index (χ1) is 29.3. The fourth-order valence-corrected chi connectivity index (χ4v) is 8.49. The number of pyridine rings is 1. The van der Waals surface area contributed by atoms with Gasteiger partial charge in [0, 0.05) is 26.2 Å². The summed E-state index contributed by atoms with van der Waals surface area (Å²) in [5, 5.41) is -0.814. The van der Waals surface area contributed by atoms with Crippen molar-refractivity contribution in [3.05, 3.63) is 93.5 Å². The van der Waals surface area contributed by atoms with Crippen LogP contribution in [0.25, 0.3) is 22.2 Å². The van der Waals surface area contributed by atoms with Crippen molar-refractivity contribution in [3.8, 4) is 28.5 Å². The zero-order valence-electron chi connectivity index (χ0n) is 35.0. The van der Waals surface area contributed by atoms with Crippen LogP contribution in [0.3, 0.4) is 0 Å². The zero-order valence-corrected chi connectivity index (χ0v) is 35.8. The number of fused-ring (bicyclic) bond motifs is 3. The van der Waals surface area contributed by atoms with E-state index in [2.05, 4.69) is 15.0 Å². The van der Waals surface area contributed by atoms with E-state index >= 15 is 26.3 Å². The molecule has 0 saturated carbocycles. The van der Waals surface area contributed by atoms with Crippen LogP contribution in [0.1, 0.15) is 67.9 Å². The maximum absolute atomic E-state index is 17.5. The molecule has 7 rings (SSSR count). The van der Waals surface area contributed by atoms with Gasteiger partial charge >= 0.3 is 12.3 Å². The quantitative estimate of drug-likeness (QED) is 0.0941. The summed E-state index contributed by atoms with van der Waals surface area (Å²) in [6.45, 7) is 6.86. The molecule has 0 N–H and O–H groups in total. The van der Waals surface area contributed by atoms with Gasteiger partial charge in [-0.05, 0) is 99.2 Å². The minimum absolute atomic E-state index is 0.0597. The molecule has 4 heterocycles. The third-order valence-corrected chi connectivity index (χ3v) is 11.1. The smallest absolute Gasteiger partial charge is 0.418 e. The normalized spacial score (nSPS) is 16.6. The van der Waals surface area contributed by atoms with Gasteiger partial charge in [-0.1, -0.05) is 24.3 Å². The average molecular weight is 887 g/mol. The molecule has 2 fully saturated rings. The number of rotatable bonds is 11. The molecular formula is C44H45ClF6N6O5. The van der Waals surface area contributed by atoms with Crippen molar-refractivity contribution in [2.75, 3.05) is 44.2 Å². The summed E-state index contributed by atoms with van der Waals surface area (Å²) in [5.74, 6) is -1.16. The Balaban J connectivity index is 1.42. The Bertz CT molecular complexity index is 2400. The average Bonchev–Trinajstić information content (AvgIpc) is 3.48. The van der Waals surface area contributed by atoms with Crippen LogP contribution >= 0.6 is 11.6 Å². The number of piperazine rings is 1. The minimum Gasteiger partial charge on any atom is -0.497 e. The molecule has 330 valence electrons. The summed E-state index contributed by atoms with van der Waals surface area (Å²) in [4.78, 5) is 31.0. The topological polar surface area (TPSA) is 102 Å². The van der Waals surface area contributed by atoms with Crippen LogP contribution in [0.5, 0.6) is 17.2 Å². The molecule has 1 amide bonds. The molecular weight excluding hydrogens is 842 g/mol. The lowest BCUT2D eigenvalue weighted by atomic mass is 9.93. The van der Waals surface area contributed by atoms with Crippen molar-refractivity contribution in [2.24, 2.45) is 0 Å². The predicted molar refractivity (Wildman–Crippen MR) is 222 cm³/mol. The van der Waals surface area contributed by atoms with E-state index in [4.69, 9.17) is 30.5 Å². The molecule has 3 aromatic carbocycles. The Kier molecular flexibility index (Phi) is 12.3. The number of carbonyl (C=O) groups excluding carboxylic acids is 1. The number of nitrogens with zero attached hydrogens (tertiary/aromatic N) is 6. The van der Waals surface area contributed by atoms with Gasteiger partial charge < -0.3 is 28.7 Å². The van der Waals surface area contributed by atoms with Crippen molar-refractivity contribution < 1.29 is 50.1 Å². The Morgan fingerprint density at radius 2 is 1.42 bits per heavy atom. The third-order valence-electron chi connectivity index (χ3n) is 11.0. The Morgan fingerprint density at radius 3 is 1.89 bits per heavy atom. The number of ether oxygens (including phenoxy) is 4. The highest BCUT2D eigenvalue weighted by molar-refractivity contribution is 6.29. The van der Waals surface area contributed by atoms with E-state index in [1.807, 2.05) is 0 Å². The number of amides is 1. The first kappa shape index (κ1) is 44.3. The first-order valence-electron chi connectivity index (χ1n) is 19.7. The number of aryl methyl sites for hydroxylation is 1. The molecule has 2 unspecified atom stereocenters. The second-order valence-electron chi connectivity index (χ2n) is 16.2. The van der Waals surface area contributed by atoms with Gasteiger partial charge in [-0.25, -0.2) is 27.9 Å². The van der Waals surface area contributed by atoms with Crippen molar-refractivity contribution >= 4 is 40.2 Å². The van der Waals surface area contributed by atoms with Gasteiger partial charge in [0.15, 0.2) is 5.82 Å². The summed E-state index contributed by atoms with van der Waals surface area (Å²) in [6.07, 6.45) is -8.10. The van der Waals surface area contributed by atoms with Crippen molar-refractivity contribution in [3.63, 3.8) is 0 Å². The van der Waals surface area contributed by atoms with E-state index in [9.17, 15) is 4.79 Å². The highest BCUT2D eigenvalue weighted by Gasteiger charge is 2.46. The number of carbonyl (C=O) groups is 1. The molecule has 2 saturated heterocycles. The molecule has 0 aliphatic carbocycles. The molecule has 2 aliphatic rings. The van der Waals surface area contributed by atoms with Crippen molar-refractivity contribution in [1.29, 1.82) is 0 Å². The monoisotopic (exact) mass is 886 g/mol. The summed E-state index contributed by atoms with van der Waals surface area (Å²) >= 11 is 6.43. The van der Waals surface area contributed by atoms with Gasteiger partial charge in [0.1, 0.15) is 40.0 Å². The third kappa shape index (κ3) is 8.81. The van der Waals surface area contributed by atoms with Crippen LogP contribution in [-0.2, 0) is 24.0 Å². The molecule has 0 radical (unpaired) electrons. The van der Waals surface area contributed by atoms with E-state index in [0.717, 1.165) is 14.0 Å². The lowest BCUT2D eigenvalue weighted by Crippen LogP contribution is -2.57. The Labute approximate surface area is 359 Å². The number of methoxy groups -OCH3 is 3. The molecule has 2 atom stereocenters. The summed E-state index contributed by atoms with van der Waals surface area (Å²) in [5.41, 5.74) is -5.21. The molecule has 18 heteroatoms. The standard InChI is InChI=1S/C44H45ClF6N6O5/c1-23-18-30(55(19-24-8-14-28(59-5)15-9-24)20-25-10-16-29(60-6)17-11-25)52-36(34(23)44(49,50)51)31-32(39(47)48)38(61-7)33-37(35(31)46)53-41(45)54-40(33)56-21-26-12-13-27(22-56)57(26)42(58)62-43(2,3)4/h8-11,14-18,26-27,39H,12-13,19-22H2,1-7H3. The SMILES string of the molecule is COc1ccc(CN(Cc2ccc(OC)cc2)c2cc(C)c(C(F)(F)F)c(-c3c(C(F)F)c(OC)c4c(N5CC6CCC(C5)N6C(=O)OC(C)(C)C)nc(Cl)nc4c3F)n2)cc1. The highest BCUT2D eigenvalue weighted by atomic mass is 35.5. The van der Waals surface area contributed by atoms with Crippen molar-refractivity contribution in [2.45, 2.75) is 83.9 Å². The molecule has 5 aromatic rings. The Hall–Kier alpha value is -5.71. The van der Waals surface area contributed by atoms with Gasteiger partial charge in [0.05, 0.1) is 61.2 Å². The van der Waals surface area contributed by atoms with Crippen LogP contribution in [0.2, 0.25) is 5.28 Å². The van der Waals surface area contributed by atoms with Crippen LogP contribution < -0.4 is 24.0 Å². The van der Waals surface area contributed by atoms with Gasteiger partial charge in [0.25, 0.3) is 6.43 Å². The molecule has 2 aromatic heterocycles. The largest absolute Gasteiger partial charge is 0.497 e. The number of aromatic nitrogens is 3.